The molecule has 1 atom stereocenters. The van der Waals surface area contributed by atoms with Crippen LogP contribution in [0.5, 0.6) is 0 Å². The highest BCUT2D eigenvalue weighted by atomic mass is 16.5. The van der Waals surface area contributed by atoms with E-state index in [1.807, 2.05) is 36.4 Å². The zero-order valence-corrected chi connectivity index (χ0v) is 20.2. The second-order valence-electron chi connectivity index (χ2n) is 10.0. The Bertz CT molecular complexity index is 1030. The van der Waals surface area contributed by atoms with Crippen molar-refractivity contribution in [2.75, 3.05) is 13.2 Å². The number of carbonyl (C=O) groups is 3. The van der Waals surface area contributed by atoms with E-state index in [1.165, 1.54) is 12.8 Å². The van der Waals surface area contributed by atoms with Gasteiger partial charge < -0.3 is 20.5 Å². The van der Waals surface area contributed by atoms with Gasteiger partial charge in [-0.3, -0.25) is 9.59 Å². The van der Waals surface area contributed by atoms with Crippen LogP contribution in [0.2, 0.25) is 0 Å². The lowest BCUT2D eigenvalue weighted by Crippen LogP contribution is -2.47. The maximum absolute atomic E-state index is 12.8. The molecule has 0 bridgehead atoms. The molecule has 2 aliphatic rings. The molecule has 0 heterocycles. The van der Waals surface area contributed by atoms with Gasteiger partial charge in [-0.05, 0) is 53.4 Å². The van der Waals surface area contributed by atoms with Crippen LogP contribution in [0.3, 0.4) is 0 Å². The number of nitrogens with one attached hydrogen (secondary N) is 2. The van der Waals surface area contributed by atoms with Crippen molar-refractivity contribution in [2.45, 2.75) is 63.8 Å². The number of ether oxygens (including phenoxy) is 1. The molecule has 0 spiro atoms. The van der Waals surface area contributed by atoms with Crippen LogP contribution in [0.4, 0.5) is 4.79 Å². The Morgan fingerprint density at radius 1 is 1.03 bits per heavy atom. The van der Waals surface area contributed by atoms with Crippen molar-refractivity contribution < 1.29 is 24.2 Å². The van der Waals surface area contributed by atoms with Gasteiger partial charge in [-0.1, -0.05) is 68.3 Å². The predicted octanol–water partition coefficient (Wildman–Crippen LogP) is 4.85. The first-order chi connectivity index (χ1) is 16.9. The summed E-state index contributed by atoms with van der Waals surface area (Å²) in [5, 5.41) is 14.6. The number of rotatable bonds is 10. The number of carboxylic acid groups (broad SMARTS) is 1. The largest absolute Gasteiger partial charge is 0.481 e. The number of alkyl carbamates (subject to hydrolysis) is 1. The summed E-state index contributed by atoms with van der Waals surface area (Å²) in [5.74, 6) is -1.48. The van der Waals surface area contributed by atoms with Crippen LogP contribution in [0.1, 0.15) is 68.9 Å². The zero-order chi connectivity index (χ0) is 24.8. The van der Waals surface area contributed by atoms with Crippen molar-refractivity contribution in [3.8, 4) is 11.1 Å². The first-order valence-electron chi connectivity index (χ1n) is 12.5. The first-order valence-corrected chi connectivity index (χ1v) is 12.5. The first kappa shape index (κ1) is 24.8. The van der Waals surface area contributed by atoms with Crippen LogP contribution in [0.15, 0.2) is 48.5 Å². The van der Waals surface area contributed by atoms with Crippen LogP contribution in [-0.4, -0.2) is 42.3 Å². The maximum atomic E-state index is 12.8. The van der Waals surface area contributed by atoms with E-state index in [0.717, 1.165) is 41.5 Å². The number of fused-ring (bicyclic) bond motifs is 3. The minimum atomic E-state index is -1.02. The van der Waals surface area contributed by atoms with Crippen molar-refractivity contribution in [2.24, 2.45) is 5.41 Å². The molecule has 4 rings (SSSR count). The monoisotopic (exact) mass is 478 g/mol. The van der Waals surface area contributed by atoms with Crippen LogP contribution in [-0.2, 0) is 14.3 Å². The summed E-state index contributed by atoms with van der Waals surface area (Å²) < 4.78 is 5.55. The fraction of sp³-hybridized carbons (Fsp3) is 0.464. The third kappa shape index (κ3) is 6.02. The molecule has 7 nitrogen and oxygen atoms in total. The summed E-state index contributed by atoms with van der Waals surface area (Å²) in [6.45, 7) is 2.87. The molecule has 186 valence electrons. The summed E-state index contributed by atoms with van der Waals surface area (Å²) in [6, 6.07) is 15.2. The molecule has 35 heavy (non-hydrogen) atoms. The number of hydrogen-bond donors (Lipinski definition) is 3. The molecular weight excluding hydrogens is 444 g/mol. The number of benzene rings is 2. The number of aliphatic carboxylic acids is 1. The molecular formula is C28H34N2O5. The number of carboxylic acids is 1. The summed E-state index contributed by atoms with van der Waals surface area (Å²) in [7, 11) is 0. The lowest BCUT2D eigenvalue weighted by atomic mass is 9.85. The Balaban J connectivity index is 1.34. The van der Waals surface area contributed by atoms with E-state index in [1.54, 1.807) is 0 Å². The van der Waals surface area contributed by atoms with Crippen LogP contribution in [0.25, 0.3) is 11.1 Å². The Morgan fingerprint density at radius 3 is 2.23 bits per heavy atom. The minimum absolute atomic E-state index is 0.00261. The van der Waals surface area contributed by atoms with Crippen molar-refractivity contribution in [3.63, 3.8) is 0 Å². The molecule has 1 fully saturated rings. The minimum Gasteiger partial charge on any atom is -0.481 e. The fourth-order valence-corrected chi connectivity index (χ4v) is 5.41. The molecule has 2 aliphatic carbocycles. The molecule has 2 aromatic carbocycles. The van der Waals surface area contributed by atoms with Gasteiger partial charge in [0, 0.05) is 18.9 Å². The fourth-order valence-electron chi connectivity index (χ4n) is 5.41. The third-order valence-corrected chi connectivity index (χ3v) is 7.44. The standard InChI is InChI=1S/C28H34N2O5/c1-28(14-6-7-15-28)16-17-29-26(33)24(12-13-25(31)32)30-27(34)35-18-23-21-10-4-2-8-19(21)20-9-3-5-11-22(20)23/h2-5,8-11,23-24H,6-7,12-18H2,1H3,(H,29,33)(H,30,34)(H,31,32). The van der Waals surface area contributed by atoms with Gasteiger partial charge in [0.15, 0.2) is 0 Å². The molecule has 3 N–H and O–H groups in total. The molecule has 1 unspecified atom stereocenters. The number of hydrogen-bond acceptors (Lipinski definition) is 4. The summed E-state index contributed by atoms with van der Waals surface area (Å²) >= 11 is 0. The SMILES string of the molecule is CC1(CCNC(=O)C(CCC(=O)O)NC(=O)OCC2c3ccccc3-c3ccccc32)CCCC1. The van der Waals surface area contributed by atoms with E-state index in [4.69, 9.17) is 9.84 Å². The highest BCUT2D eigenvalue weighted by Crippen LogP contribution is 2.44. The van der Waals surface area contributed by atoms with Gasteiger partial charge in [0.05, 0.1) is 0 Å². The molecule has 2 amide bonds. The second-order valence-corrected chi connectivity index (χ2v) is 10.0. The van der Waals surface area contributed by atoms with Gasteiger partial charge >= 0.3 is 12.1 Å². The third-order valence-electron chi connectivity index (χ3n) is 7.44. The van der Waals surface area contributed by atoms with Gasteiger partial charge in [-0.15, -0.1) is 0 Å². The Hall–Kier alpha value is -3.35. The van der Waals surface area contributed by atoms with Crippen molar-refractivity contribution in [1.29, 1.82) is 0 Å². The molecule has 2 aromatic rings. The van der Waals surface area contributed by atoms with Crippen LogP contribution in [0, 0.1) is 5.41 Å². The molecule has 0 radical (unpaired) electrons. The predicted molar refractivity (Wildman–Crippen MR) is 133 cm³/mol. The average Bonchev–Trinajstić information content (AvgIpc) is 3.41. The molecule has 1 saturated carbocycles. The van der Waals surface area contributed by atoms with Gasteiger partial charge in [-0.2, -0.15) is 0 Å². The van der Waals surface area contributed by atoms with Crippen molar-refractivity contribution in [3.05, 3.63) is 59.7 Å². The highest BCUT2D eigenvalue weighted by molar-refractivity contribution is 5.86. The lowest BCUT2D eigenvalue weighted by molar-refractivity contribution is -0.137. The van der Waals surface area contributed by atoms with E-state index in [9.17, 15) is 14.4 Å². The van der Waals surface area contributed by atoms with Gasteiger partial charge in [-0.25, -0.2) is 4.79 Å². The summed E-state index contributed by atoms with van der Waals surface area (Å²) in [4.78, 5) is 36.5. The summed E-state index contributed by atoms with van der Waals surface area (Å²) in [6.07, 6.45) is 4.67. The molecule has 0 aliphatic heterocycles. The van der Waals surface area contributed by atoms with Crippen LogP contribution >= 0.6 is 0 Å². The van der Waals surface area contributed by atoms with Gasteiger partial charge in [0.2, 0.25) is 5.91 Å². The van der Waals surface area contributed by atoms with E-state index in [-0.39, 0.29) is 36.7 Å². The normalized spacial score (nSPS) is 16.7. The van der Waals surface area contributed by atoms with Gasteiger partial charge in [0.25, 0.3) is 0 Å². The van der Waals surface area contributed by atoms with E-state index in [2.05, 4.69) is 29.7 Å². The summed E-state index contributed by atoms with van der Waals surface area (Å²) in [5.41, 5.74) is 4.70. The average molecular weight is 479 g/mol. The lowest BCUT2D eigenvalue weighted by Gasteiger charge is -2.24. The molecule has 0 aromatic heterocycles. The topological polar surface area (TPSA) is 105 Å². The van der Waals surface area contributed by atoms with E-state index in [0.29, 0.717) is 6.54 Å². The van der Waals surface area contributed by atoms with Crippen molar-refractivity contribution in [1.82, 2.24) is 10.6 Å². The van der Waals surface area contributed by atoms with E-state index >= 15 is 0 Å². The number of carbonyl (C=O) groups excluding carboxylic acids is 2. The molecule has 0 saturated heterocycles. The quantitative estimate of drug-likeness (QED) is 0.453. The van der Waals surface area contributed by atoms with E-state index < -0.39 is 18.1 Å². The smallest absolute Gasteiger partial charge is 0.407 e. The Labute approximate surface area is 206 Å². The number of amides is 2. The van der Waals surface area contributed by atoms with Crippen LogP contribution < -0.4 is 10.6 Å². The Morgan fingerprint density at radius 2 is 1.63 bits per heavy atom. The Kier molecular flexibility index (Phi) is 7.73. The zero-order valence-electron chi connectivity index (χ0n) is 20.2. The molecule has 7 heteroatoms. The van der Waals surface area contributed by atoms with Gasteiger partial charge in [0.1, 0.15) is 12.6 Å². The van der Waals surface area contributed by atoms with Crippen molar-refractivity contribution >= 4 is 18.0 Å². The second kappa shape index (κ2) is 10.9. The highest BCUT2D eigenvalue weighted by Gasteiger charge is 2.31. The maximum Gasteiger partial charge on any atom is 0.407 e.